The van der Waals surface area contributed by atoms with E-state index in [4.69, 9.17) is 0 Å². The van der Waals surface area contributed by atoms with Crippen LogP contribution in [0, 0.1) is 11.8 Å². The molecule has 0 unspecified atom stereocenters. The number of allylic oxidation sites excluding steroid dienone is 2. The topological polar surface area (TPSA) is 17.1 Å². The molecule has 0 radical (unpaired) electrons. The zero-order valence-corrected chi connectivity index (χ0v) is 7.31. The van der Waals surface area contributed by atoms with Gasteiger partial charge in [-0.1, -0.05) is 24.3 Å². The van der Waals surface area contributed by atoms with Crippen molar-refractivity contribution in [3.05, 3.63) is 12.2 Å². The highest BCUT2D eigenvalue weighted by Gasteiger charge is 1.98. The third kappa shape index (κ3) is 3.98. The summed E-state index contributed by atoms with van der Waals surface area (Å²) in [5.74, 6) is 6.31. The molecule has 0 atom stereocenters. The molecule has 1 rings (SSSR count). The standard InChI is InChI=1S/C11H14O/c12-11-9-7-5-3-1-2-4-6-8-10-11/h6,8H,1,3,5,7,9-10H2/b8-6-. The van der Waals surface area contributed by atoms with E-state index in [1.54, 1.807) is 6.08 Å². The van der Waals surface area contributed by atoms with Crippen LogP contribution in [0.1, 0.15) is 38.5 Å². The Morgan fingerprint density at radius 1 is 1.25 bits per heavy atom. The Balaban J connectivity index is 2.42. The number of hydrogen-bond acceptors (Lipinski definition) is 1. The second-order valence-electron chi connectivity index (χ2n) is 3.03. The Morgan fingerprint density at radius 2 is 2.17 bits per heavy atom. The van der Waals surface area contributed by atoms with Gasteiger partial charge in [0.1, 0.15) is 5.78 Å². The van der Waals surface area contributed by atoms with E-state index in [0.717, 1.165) is 32.1 Å². The quantitative estimate of drug-likeness (QED) is 0.500. The van der Waals surface area contributed by atoms with Crippen LogP contribution in [0.5, 0.6) is 0 Å². The minimum absolute atomic E-state index is 0.343. The Kier molecular flexibility index (Phi) is 4.23. The molecule has 1 aliphatic carbocycles. The van der Waals surface area contributed by atoms with Gasteiger partial charge in [-0.25, -0.2) is 0 Å². The van der Waals surface area contributed by atoms with Gasteiger partial charge >= 0.3 is 0 Å². The number of carbonyl (C=O) groups is 1. The van der Waals surface area contributed by atoms with Crippen molar-refractivity contribution in [1.82, 2.24) is 0 Å². The van der Waals surface area contributed by atoms with Crippen molar-refractivity contribution in [1.29, 1.82) is 0 Å². The Morgan fingerprint density at radius 3 is 3.08 bits per heavy atom. The molecule has 0 heterocycles. The average molecular weight is 162 g/mol. The monoisotopic (exact) mass is 162 g/mol. The fourth-order valence-corrected chi connectivity index (χ4v) is 1.19. The number of carbonyl (C=O) groups excluding carboxylic acids is 1. The van der Waals surface area contributed by atoms with Crippen molar-refractivity contribution in [3.8, 4) is 11.8 Å². The first-order chi connectivity index (χ1) is 5.89. The lowest BCUT2D eigenvalue weighted by Gasteiger charge is -1.95. The Hall–Kier alpha value is -1.03. The fraction of sp³-hybridized carbons (Fsp3) is 0.545. The molecular formula is C11H14O. The Labute approximate surface area is 73.9 Å². The van der Waals surface area contributed by atoms with Crippen molar-refractivity contribution >= 4 is 5.78 Å². The van der Waals surface area contributed by atoms with E-state index in [-0.39, 0.29) is 0 Å². The van der Waals surface area contributed by atoms with E-state index in [9.17, 15) is 4.79 Å². The number of rotatable bonds is 0. The van der Waals surface area contributed by atoms with Crippen LogP contribution in [0.3, 0.4) is 0 Å². The van der Waals surface area contributed by atoms with Gasteiger partial charge in [0.25, 0.3) is 0 Å². The molecule has 1 heteroatoms. The van der Waals surface area contributed by atoms with Gasteiger partial charge in [-0.2, -0.15) is 0 Å². The minimum Gasteiger partial charge on any atom is -0.299 e. The molecule has 0 saturated carbocycles. The van der Waals surface area contributed by atoms with E-state index in [2.05, 4.69) is 11.8 Å². The maximum Gasteiger partial charge on any atom is 0.136 e. The lowest BCUT2D eigenvalue weighted by atomic mass is 10.1. The van der Waals surface area contributed by atoms with Gasteiger partial charge in [-0.15, -0.1) is 0 Å². The summed E-state index contributed by atoms with van der Waals surface area (Å²) in [5.41, 5.74) is 0. The first-order valence-electron chi connectivity index (χ1n) is 4.55. The van der Waals surface area contributed by atoms with Gasteiger partial charge in [0.05, 0.1) is 0 Å². The van der Waals surface area contributed by atoms with Gasteiger partial charge in [-0.3, -0.25) is 4.79 Å². The third-order valence-corrected chi connectivity index (χ3v) is 1.91. The van der Waals surface area contributed by atoms with Gasteiger partial charge in [0, 0.05) is 19.3 Å². The summed E-state index contributed by atoms with van der Waals surface area (Å²) in [6, 6.07) is 0. The molecule has 0 aromatic heterocycles. The van der Waals surface area contributed by atoms with Crippen LogP contribution in [0.4, 0.5) is 0 Å². The van der Waals surface area contributed by atoms with E-state index >= 15 is 0 Å². The molecule has 12 heavy (non-hydrogen) atoms. The molecular weight excluding hydrogens is 148 g/mol. The summed E-state index contributed by atoms with van der Waals surface area (Å²) in [7, 11) is 0. The summed E-state index contributed by atoms with van der Waals surface area (Å²) in [6.45, 7) is 0. The Bertz CT molecular complexity index is 227. The predicted molar refractivity (Wildman–Crippen MR) is 49.6 cm³/mol. The van der Waals surface area contributed by atoms with Crippen LogP contribution in [0.2, 0.25) is 0 Å². The molecule has 0 aromatic rings. The SMILES string of the molecule is O=C1C/C=C\C#CCCCCC1. The van der Waals surface area contributed by atoms with Gasteiger partial charge in [0.15, 0.2) is 0 Å². The summed E-state index contributed by atoms with van der Waals surface area (Å²) in [5, 5.41) is 0. The minimum atomic E-state index is 0.343. The van der Waals surface area contributed by atoms with Crippen LogP contribution >= 0.6 is 0 Å². The smallest absolute Gasteiger partial charge is 0.136 e. The number of Topliss-reactive ketones (excluding diaryl/α,β-unsaturated/α-hetero) is 1. The van der Waals surface area contributed by atoms with Crippen molar-refractivity contribution in [2.24, 2.45) is 0 Å². The van der Waals surface area contributed by atoms with Gasteiger partial charge in [0.2, 0.25) is 0 Å². The van der Waals surface area contributed by atoms with E-state index in [1.807, 2.05) is 6.08 Å². The molecule has 64 valence electrons. The molecule has 1 nitrogen and oxygen atoms in total. The van der Waals surface area contributed by atoms with Crippen LogP contribution < -0.4 is 0 Å². The van der Waals surface area contributed by atoms with E-state index < -0.39 is 0 Å². The van der Waals surface area contributed by atoms with Crippen molar-refractivity contribution in [3.63, 3.8) is 0 Å². The van der Waals surface area contributed by atoms with E-state index in [1.165, 1.54) is 0 Å². The van der Waals surface area contributed by atoms with Gasteiger partial charge < -0.3 is 0 Å². The maximum atomic E-state index is 11.1. The highest BCUT2D eigenvalue weighted by molar-refractivity contribution is 5.79. The molecule has 0 N–H and O–H groups in total. The highest BCUT2D eigenvalue weighted by Crippen LogP contribution is 2.05. The molecule has 0 amide bonds. The zero-order valence-electron chi connectivity index (χ0n) is 7.31. The van der Waals surface area contributed by atoms with E-state index in [0.29, 0.717) is 12.2 Å². The predicted octanol–water partition coefficient (Wildman–Crippen LogP) is 2.47. The van der Waals surface area contributed by atoms with Crippen molar-refractivity contribution < 1.29 is 4.79 Å². The molecule has 0 aliphatic heterocycles. The number of ketones is 1. The summed E-state index contributed by atoms with van der Waals surface area (Å²) >= 11 is 0. The lowest BCUT2D eigenvalue weighted by Crippen LogP contribution is -1.94. The first-order valence-corrected chi connectivity index (χ1v) is 4.55. The highest BCUT2D eigenvalue weighted by atomic mass is 16.1. The van der Waals surface area contributed by atoms with Crippen LogP contribution in [-0.4, -0.2) is 5.78 Å². The van der Waals surface area contributed by atoms with Crippen LogP contribution in [0.25, 0.3) is 0 Å². The average Bonchev–Trinajstić information content (AvgIpc) is 2.11. The second kappa shape index (κ2) is 5.60. The largest absolute Gasteiger partial charge is 0.299 e. The molecule has 0 spiro atoms. The fourth-order valence-electron chi connectivity index (χ4n) is 1.19. The normalized spacial score (nSPS) is 21.8. The molecule has 0 bridgehead atoms. The van der Waals surface area contributed by atoms with Crippen molar-refractivity contribution in [2.45, 2.75) is 38.5 Å². The molecule has 1 aliphatic rings. The number of hydrogen-bond donors (Lipinski definition) is 0. The summed E-state index contributed by atoms with van der Waals surface area (Å²) < 4.78 is 0. The lowest BCUT2D eigenvalue weighted by molar-refractivity contribution is -0.118. The second-order valence-corrected chi connectivity index (χ2v) is 3.03. The van der Waals surface area contributed by atoms with Crippen LogP contribution in [0.15, 0.2) is 12.2 Å². The maximum absolute atomic E-state index is 11.1. The summed E-state index contributed by atoms with van der Waals surface area (Å²) in [6.07, 6.45) is 9.24. The first kappa shape index (κ1) is 9.06. The molecule has 0 aromatic carbocycles. The summed E-state index contributed by atoms with van der Waals surface area (Å²) in [4.78, 5) is 11.1. The van der Waals surface area contributed by atoms with Crippen LogP contribution in [-0.2, 0) is 4.79 Å². The van der Waals surface area contributed by atoms with Gasteiger partial charge in [-0.05, 0) is 18.9 Å². The van der Waals surface area contributed by atoms with Crippen molar-refractivity contribution in [2.75, 3.05) is 0 Å². The zero-order chi connectivity index (χ0) is 8.65. The molecule has 0 fully saturated rings. The third-order valence-electron chi connectivity index (χ3n) is 1.91. The molecule has 0 saturated heterocycles.